The van der Waals surface area contributed by atoms with Gasteiger partial charge in [0, 0.05) is 0 Å². The van der Waals surface area contributed by atoms with Gasteiger partial charge in [0.2, 0.25) is 0 Å². The second-order valence-corrected chi connectivity index (χ2v) is 12.3. The van der Waals surface area contributed by atoms with Crippen LogP contribution in [0.1, 0.15) is 70.3 Å². The monoisotopic (exact) mass is 600 g/mol. The minimum absolute atomic E-state index is 0. The fourth-order valence-electron chi connectivity index (χ4n) is 6.15. The third-order valence-electron chi connectivity index (χ3n) is 7.70. The molecule has 200 valence electrons. The summed E-state index contributed by atoms with van der Waals surface area (Å²) in [6.07, 6.45) is 8.61. The van der Waals surface area contributed by atoms with Crippen LogP contribution in [0.15, 0.2) is 78.4 Å². The average Bonchev–Trinajstić information content (AvgIpc) is 3.15. The van der Waals surface area contributed by atoms with Crippen LogP contribution >= 0.6 is 0 Å². The summed E-state index contributed by atoms with van der Waals surface area (Å²) in [5.74, 6) is 0.545. The second kappa shape index (κ2) is 13.4. The molecule has 0 saturated heterocycles. The molecule has 4 heteroatoms. The maximum Gasteiger partial charge on any atom is -1.00 e. The molecule has 2 atom stereocenters. The third-order valence-corrected chi connectivity index (χ3v) is 8.77. The molecule has 0 bridgehead atoms. The van der Waals surface area contributed by atoms with Crippen LogP contribution < -0.4 is 37.2 Å². The van der Waals surface area contributed by atoms with E-state index in [9.17, 15) is 0 Å². The molecule has 0 amide bonds. The third kappa shape index (κ3) is 6.37. The van der Waals surface area contributed by atoms with Gasteiger partial charge in [-0.1, -0.05) is 0 Å². The zero-order valence-electron chi connectivity index (χ0n) is 23.8. The van der Waals surface area contributed by atoms with Gasteiger partial charge in [0.1, 0.15) is 0 Å². The average molecular weight is 602 g/mol. The van der Waals surface area contributed by atoms with Crippen LogP contribution in [0.2, 0.25) is 3.72 Å². The van der Waals surface area contributed by atoms with Crippen molar-refractivity contribution in [2.75, 3.05) is 0 Å². The molecule has 38 heavy (non-hydrogen) atoms. The van der Waals surface area contributed by atoms with Crippen LogP contribution in [-0.2, 0) is 25.9 Å². The molecule has 0 aromatic heterocycles. The van der Waals surface area contributed by atoms with Crippen molar-refractivity contribution >= 4 is 0 Å². The van der Waals surface area contributed by atoms with E-state index in [-0.39, 0.29) is 46.4 Å². The maximum absolute atomic E-state index is 2.58. The van der Waals surface area contributed by atoms with Crippen LogP contribution in [0.25, 0.3) is 0 Å². The molecule has 4 rings (SSSR count). The minimum atomic E-state index is -0.358. The van der Waals surface area contributed by atoms with E-state index in [0.717, 1.165) is 6.42 Å². The smallest absolute Gasteiger partial charge is 1.00 e. The van der Waals surface area contributed by atoms with Gasteiger partial charge in [0.05, 0.1) is 0 Å². The molecule has 0 N–H and O–H groups in total. The number of halogens is 3. The summed E-state index contributed by atoms with van der Waals surface area (Å²) in [6, 6.07) is 21.5. The van der Waals surface area contributed by atoms with Crippen LogP contribution in [0.3, 0.4) is 0 Å². The van der Waals surface area contributed by atoms with Crippen molar-refractivity contribution in [3.05, 3.63) is 128 Å². The normalized spacial score (nSPS) is 17.2. The summed E-state index contributed by atoms with van der Waals surface area (Å²) >= 11 is 2.45. The van der Waals surface area contributed by atoms with Crippen molar-refractivity contribution in [1.82, 2.24) is 0 Å². The summed E-state index contributed by atoms with van der Waals surface area (Å²) in [5.41, 5.74) is 13.1. The molecular weight excluding hydrogens is 563 g/mol. The molecule has 3 aromatic carbocycles. The van der Waals surface area contributed by atoms with E-state index in [0.29, 0.717) is 5.92 Å². The van der Waals surface area contributed by atoms with Crippen molar-refractivity contribution < 1.29 is 57.7 Å². The molecule has 3 aromatic rings. The largest absolute Gasteiger partial charge is 1.00 e. The van der Waals surface area contributed by atoms with Gasteiger partial charge in [-0.25, -0.2) is 0 Å². The van der Waals surface area contributed by atoms with Crippen LogP contribution in [0, 0.1) is 47.5 Å². The zero-order chi connectivity index (χ0) is 25.5. The molecular formula is C34H39Cl3Ti. The summed E-state index contributed by atoms with van der Waals surface area (Å²) in [7, 11) is 0. The van der Waals surface area contributed by atoms with Crippen molar-refractivity contribution in [2.45, 2.75) is 70.9 Å². The first-order valence-electron chi connectivity index (χ1n) is 12.9. The first kappa shape index (κ1) is 34.8. The number of hydrogen-bond donors (Lipinski definition) is 0. The van der Waals surface area contributed by atoms with Crippen LogP contribution in [-0.4, -0.2) is 0 Å². The quantitative estimate of drug-likeness (QED) is 0.279. The fraction of sp³-hybridized carbons (Fsp3) is 0.353. The van der Waals surface area contributed by atoms with Crippen molar-refractivity contribution in [3.63, 3.8) is 0 Å². The Morgan fingerprint density at radius 2 is 0.947 bits per heavy atom. The summed E-state index contributed by atoms with van der Waals surface area (Å²) in [6.45, 7) is 18.0. The van der Waals surface area contributed by atoms with Gasteiger partial charge in [-0.05, 0) is 0 Å². The van der Waals surface area contributed by atoms with E-state index in [1.807, 2.05) is 0 Å². The van der Waals surface area contributed by atoms with E-state index in [1.165, 1.54) is 55.6 Å². The zero-order valence-corrected chi connectivity index (χ0v) is 27.7. The fourth-order valence-corrected chi connectivity index (χ4v) is 7.22. The Bertz CT molecular complexity index is 1150. The van der Waals surface area contributed by atoms with Gasteiger partial charge in [0.15, 0.2) is 0 Å². The van der Waals surface area contributed by atoms with Gasteiger partial charge in [-0.3, -0.25) is 0 Å². The van der Waals surface area contributed by atoms with Crippen molar-refractivity contribution in [2.24, 2.45) is 5.92 Å². The van der Waals surface area contributed by atoms with Gasteiger partial charge in [0.25, 0.3) is 0 Å². The van der Waals surface area contributed by atoms with E-state index in [1.54, 1.807) is 0 Å². The molecule has 2 unspecified atom stereocenters. The molecule has 0 fully saturated rings. The molecule has 0 aliphatic heterocycles. The van der Waals surface area contributed by atoms with Crippen molar-refractivity contribution in [1.29, 1.82) is 0 Å². The number of allylic oxidation sites excluding steroid dienone is 4. The predicted molar refractivity (Wildman–Crippen MR) is 147 cm³/mol. The molecule has 0 spiro atoms. The standard InChI is InChI=1S/C34H39.3ClH.Ti/c1-9-28(8)29-10-11-30(21-29)34(31-15-22(2)12-23(3)16-31,32-17-24(4)13-25(5)18-32)33-19-26(6)14-27(7)20-33;;;;/h10-21,28H,9H2,1-8H3;3*1H;/q;;;;+3/p-3. The Morgan fingerprint density at radius 1 is 0.632 bits per heavy atom. The van der Waals surface area contributed by atoms with E-state index in [4.69, 9.17) is 0 Å². The number of hydrogen-bond acceptors (Lipinski definition) is 0. The maximum atomic E-state index is 2.58. The summed E-state index contributed by atoms with van der Waals surface area (Å²) in [5, 5.41) is 0. The van der Waals surface area contributed by atoms with Gasteiger partial charge >= 0.3 is 226 Å². The van der Waals surface area contributed by atoms with Crippen LogP contribution in [0.4, 0.5) is 0 Å². The Labute approximate surface area is 261 Å². The Morgan fingerprint density at radius 3 is 1.24 bits per heavy atom. The number of rotatable bonds is 6. The molecule has 0 heterocycles. The van der Waals surface area contributed by atoms with Gasteiger partial charge in [-0.15, -0.1) is 0 Å². The van der Waals surface area contributed by atoms with Gasteiger partial charge < -0.3 is 37.2 Å². The number of aryl methyl sites for hydroxylation is 6. The minimum Gasteiger partial charge on any atom is -1.00 e. The molecule has 0 nitrogen and oxygen atoms in total. The van der Waals surface area contributed by atoms with E-state index >= 15 is 0 Å². The molecule has 1 aliphatic rings. The Kier molecular flexibility index (Phi) is 12.2. The molecule has 0 radical (unpaired) electrons. The van der Waals surface area contributed by atoms with Gasteiger partial charge in [-0.2, -0.15) is 0 Å². The molecule has 1 aliphatic carbocycles. The first-order valence-corrected chi connectivity index (χ1v) is 13.7. The van der Waals surface area contributed by atoms with E-state index in [2.05, 4.69) is 149 Å². The van der Waals surface area contributed by atoms with E-state index < -0.39 is 0 Å². The topological polar surface area (TPSA) is 0 Å². The molecule has 0 saturated carbocycles. The summed E-state index contributed by atoms with van der Waals surface area (Å²) < 4.78 is -0.216. The predicted octanol–water partition coefficient (Wildman–Crippen LogP) is 0.131. The summed E-state index contributed by atoms with van der Waals surface area (Å²) in [4.78, 5) is 0. The number of benzene rings is 3. The Hall–Kier alpha value is -1.28. The second-order valence-electron chi connectivity index (χ2n) is 11.0. The SMILES string of the molecule is CCC(C)C1=C[C]([Ti+3])(C(c2cc(C)cc(C)c2)(c2cc(C)cc(C)c2)c2cc(C)cc(C)c2)C=C1.[Cl-].[Cl-].[Cl-]. The van der Waals surface area contributed by atoms with Crippen molar-refractivity contribution in [3.8, 4) is 0 Å². The Balaban J connectivity index is 0.00000241. The first-order chi connectivity index (χ1) is 16.5. The van der Waals surface area contributed by atoms with Crippen LogP contribution in [0.5, 0.6) is 0 Å².